The Balaban J connectivity index is 4.77. The number of esters is 3. The topological polar surface area (TPSA) is 155 Å². The zero-order chi connectivity index (χ0) is 52.7. The largest absolute Gasteiger partial charge is 0.472 e. The lowest BCUT2D eigenvalue weighted by Gasteiger charge is -2.21. The molecular formula is C60H105O11P. The average Bonchev–Trinajstić information content (AvgIpc) is 3.37. The number of hydrogen-bond donors (Lipinski definition) is 2. The summed E-state index contributed by atoms with van der Waals surface area (Å²) in [6.07, 6.45) is 60.2. The lowest BCUT2D eigenvalue weighted by atomic mass is 10.1. The summed E-state index contributed by atoms with van der Waals surface area (Å²) in [6.45, 7) is 4.43. The monoisotopic (exact) mass is 1030 g/mol. The first-order valence-electron chi connectivity index (χ1n) is 28.8. The number of phosphoric acid groups is 1. The minimum atomic E-state index is -4.77. The lowest BCUT2D eigenvalue weighted by Crippen LogP contribution is -2.30. The van der Waals surface area contributed by atoms with Crippen LogP contribution in [0.2, 0.25) is 0 Å². The summed E-state index contributed by atoms with van der Waals surface area (Å²) < 4.78 is 39.4. The summed E-state index contributed by atoms with van der Waals surface area (Å²) in [4.78, 5) is 48.4. The third kappa shape index (κ3) is 51.8. The van der Waals surface area contributed by atoms with E-state index < -0.39 is 57.8 Å². The maximum atomic E-state index is 12.9. The molecule has 416 valence electrons. The summed E-state index contributed by atoms with van der Waals surface area (Å²) in [6, 6.07) is 0. The number of phosphoric ester groups is 1. The zero-order valence-electron chi connectivity index (χ0n) is 45.9. The Bertz CT molecular complexity index is 1490. The van der Waals surface area contributed by atoms with Crippen LogP contribution in [-0.4, -0.2) is 66.5 Å². The minimum Gasteiger partial charge on any atom is -0.462 e. The molecule has 0 bridgehead atoms. The molecule has 0 heterocycles. The molecule has 12 heteroatoms. The Labute approximate surface area is 439 Å². The number of unbranched alkanes of at least 4 members (excludes halogenated alkanes) is 24. The van der Waals surface area contributed by atoms with Crippen LogP contribution in [0.4, 0.5) is 0 Å². The van der Waals surface area contributed by atoms with Gasteiger partial charge in [-0.05, 0) is 96.3 Å². The molecule has 0 aliphatic carbocycles. The van der Waals surface area contributed by atoms with Gasteiger partial charge in [-0.15, -0.1) is 0 Å². The second-order valence-corrected chi connectivity index (χ2v) is 20.5. The molecule has 0 aromatic heterocycles. The van der Waals surface area contributed by atoms with Crippen LogP contribution in [0.1, 0.15) is 252 Å². The smallest absolute Gasteiger partial charge is 0.462 e. The molecule has 72 heavy (non-hydrogen) atoms. The van der Waals surface area contributed by atoms with Crippen molar-refractivity contribution in [3.63, 3.8) is 0 Å². The number of hydrogen-bond acceptors (Lipinski definition) is 10. The Hall–Kier alpha value is -3.08. The Kier molecular flexibility index (Phi) is 51.9. The quantitative estimate of drug-likeness (QED) is 0.0197. The molecule has 3 atom stereocenters. The van der Waals surface area contributed by atoms with E-state index in [2.05, 4.69) is 81.5 Å². The van der Waals surface area contributed by atoms with Crippen LogP contribution < -0.4 is 0 Å². The number of allylic oxidation sites excluding steroid dienone is 12. The van der Waals surface area contributed by atoms with Crippen molar-refractivity contribution >= 4 is 25.7 Å². The van der Waals surface area contributed by atoms with E-state index in [9.17, 15) is 28.9 Å². The van der Waals surface area contributed by atoms with Gasteiger partial charge in [0.05, 0.1) is 19.8 Å². The number of carbonyl (C=O) groups excluding carboxylic acids is 3. The number of carbonyl (C=O) groups is 3. The van der Waals surface area contributed by atoms with Crippen molar-refractivity contribution in [2.24, 2.45) is 0 Å². The maximum absolute atomic E-state index is 12.9. The van der Waals surface area contributed by atoms with Crippen molar-refractivity contribution in [2.45, 2.75) is 264 Å². The molecule has 0 saturated carbocycles. The van der Waals surface area contributed by atoms with Gasteiger partial charge in [0, 0.05) is 19.3 Å². The number of aliphatic hydroxyl groups excluding tert-OH is 1. The van der Waals surface area contributed by atoms with Gasteiger partial charge in [-0.3, -0.25) is 23.4 Å². The number of ether oxygens (including phenoxy) is 3. The van der Waals surface area contributed by atoms with Crippen LogP contribution in [0.3, 0.4) is 0 Å². The van der Waals surface area contributed by atoms with Crippen LogP contribution in [0.5, 0.6) is 0 Å². The molecule has 11 nitrogen and oxygen atoms in total. The zero-order valence-corrected chi connectivity index (χ0v) is 46.8. The standard InChI is InChI=1S/C60H105O11P/c1-4-7-10-13-16-19-22-25-26-27-28-29-30-33-36-39-42-45-48-51-60(64)71-57(53-67-58(62)49-46-43-40-37-34-31-23-20-17-14-11-8-5-2)55-69-72(65,66)68-54-56(52-61)70-59(63)50-47-44-41-38-35-32-24-21-18-15-12-9-6-3/h9,12,18,20-21,23,25-26,32,35,41,44,56-57,61H,4-8,10-11,13-17,19,22,24,27-31,33-34,36-40,42-43,45-55H2,1-3H3,(H,65,66)/b12-9-,21-18-,23-20-,26-25-,35-32-,44-41-. The van der Waals surface area contributed by atoms with Crippen molar-refractivity contribution in [3.8, 4) is 0 Å². The molecular weight excluding hydrogens is 928 g/mol. The summed E-state index contributed by atoms with van der Waals surface area (Å²) in [7, 11) is -4.77. The lowest BCUT2D eigenvalue weighted by molar-refractivity contribution is -0.161. The van der Waals surface area contributed by atoms with E-state index in [1.54, 1.807) is 0 Å². The number of rotatable bonds is 53. The molecule has 0 spiro atoms. The second kappa shape index (κ2) is 54.2. The highest BCUT2D eigenvalue weighted by Gasteiger charge is 2.28. The number of aliphatic hydroxyl groups is 1. The van der Waals surface area contributed by atoms with Crippen LogP contribution >= 0.6 is 7.82 Å². The fourth-order valence-electron chi connectivity index (χ4n) is 7.71. The summed E-state index contributed by atoms with van der Waals surface area (Å²) >= 11 is 0. The molecule has 0 radical (unpaired) electrons. The first-order chi connectivity index (χ1) is 35.2. The van der Waals surface area contributed by atoms with E-state index in [0.29, 0.717) is 19.3 Å². The summed E-state index contributed by atoms with van der Waals surface area (Å²) in [5.74, 6) is -1.56. The average molecular weight is 1030 g/mol. The molecule has 0 rings (SSSR count). The van der Waals surface area contributed by atoms with Crippen LogP contribution in [-0.2, 0) is 42.2 Å². The highest BCUT2D eigenvalue weighted by atomic mass is 31.2. The Morgan fingerprint density at radius 3 is 1.21 bits per heavy atom. The van der Waals surface area contributed by atoms with E-state index in [1.807, 2.05) is 12.2 Å². The molecule has 0 amide bonds. The van der Waals surface area contributed by atoms with Gasteiger partial charge in [-0.1, -0.05) is 209 Å². The Morgan fingerprint density at radius 2 is 0.750 bits per heavy atom. The van der Waals surface area contributed by atoms with Gasteiger partial charge < -0.3 is 24.2 Å². The molecule has 3 unspecified atom stereocenters. The first-order valence-corrected chi connectivity index (χ1v) is 30.3. The predicted octanol–water partition coefficient (Wildman–Crippen LogP) is 16.9. The molecule has 0 aliphatic rings. The highest BCUT2D eigenvalue weighted by Crippen LogP contribution is 2.43. The molecule has 0 fully saturated rings. The van der Waals surface area contributed by atoms with Gasteiger partial charge in [-0.25, -0.2) is 4.57 Å². The van der Waals surface area contributed by atoms with E-state index in [4.69, 9.17) is 23.3 Å². The van der Waals surface area contributed by atoms with Crippen molar-refractivity contribution in [1.29, 1.82) is 0 Å². The summed E-state index contributed by atoms with van der Waals surface area (Å²) in [5.41, 5.74) is 0. The van der Waals surface area contributed by atoms with Crippen LogP contribution in [0.25, 0.3) is 0 Å². The van der Waals surface area contributed by atoms with Gasteiger partial charge in [0.1, 0.15) is 12.7 Å². The highest BCUT2D eigenvalue weighted by molar-refractivity contribution is 7.47. The van der Waals surface area contributed by atoms with Crippen LogP contribution in [0.15, 0.2) is 72.9 Å². The van der Waals surface area contributed by atoms with E-state index >= 15 is 0 Å². The van der Waals surface area contributed by atoms with Crippen molar-refractivity contribution in [3.05, 3.63) is 72.9 Å². The van der Waals surface area contributed by atoms with Gasteiger partial charge >= 0.3 is 25.7 Å². The predicted molar refractivity (Wildman–Crippen MR) is 298 cm³/mol. The molecule has 0 aliphatic heterocycles. The van der Waals surface area contributed by atoms with Crippen molar-refractivity contribution in [2.75, 3.05) is 26.4 Å². The van der Waals surface area contributed by atoms with Gasteiger partial charge in [0.25, 0.3) is 0 Å². The fraction of sp³-hybridized carbons (Fsp3) is 0.750. The second-order valence-electron chi connectivity index (χ2n) is 19.1. The Morgan fingerprint density at radius 1 is 0.403 bits per heavy atom. The van der Waals surface area contributed by atoms with Crippen molar-refractivity contribution < 1.29 is 52.2 Å². The van der Waals surface area contributed by atoms with E-state index in [1.165, 1.54) is 109 Å². The molecule has 0 aromatic carbocycles. The SMILES string of the molecule is CC/C=C\C/C=C\C/C=C\C/C=C\CCC(=O)OC(CO)COP(=O)(O)OCC(COC(=O)CCCCCCC/C=C\CCCCCC)OC(=O)CCCCCCCCCCC/C=C\CCCCCCCC. The van der Waals surface area contributed by atoms with Gasteiger partial charge in [0.15, 0.2) is 6.10 Å². The minimum absolute atomic E-state index is 0.0544. The third-order valence-corrected chi connectivity index (χ3v) is 13.0. The molecule has 0 saturated heterocycles. The molecule has 2 N–H and O–H groups in total. The van der Waals surface area contributed by atoms with Crippen LogP contribution in [0, 0.1) is 0 Å². The van der Waals surface area contributed by atoms with E-state index in [-0.39, 0.29) is 25.9 Å². The van der Waals surface area contributed by atoms with E-state index in [0.717, 1.165) is 83.5 Å². The molecule has 0 aromatic rings. The maximum Gasteiger partial charge on any atom is 0.472 e. The first kappa shape index (κ1) is 68.9. The normalized spacial score (nSPS) is 13.9. The summed E-state index contributed by atoms with van der Waals surface area (Å²) in [5, 5.41) is 9.78. The van der Waals surface area contributed by atoms with Gasteiger partial charge in [0.2, 0.25) is 0 Å². The van der Waals surface area contributed by atoms with Gasteiger partial charge in [-0.2, -0.15) is 0 Å². The fourth-order valence-corrected chi connectivity index (χ4v) is 8.50. The third-order valence-electron chi connectivity index (χ3n) is 12.1. The van der Waals surface area contributed by atoms with Crippen molar-refractivity contribution in [1.82, 2.24) is 0 Å².